The van der Waals surface area contributed by atoms with Gasteiger partial charge >= 0.3 is 0 Å². The minimum absolute atomic E-state index is 0.554. The van der Waals surface area contributed by atoms with Gasteiger partial charge in [-0.15, -0.1) is 0 Å². The third kappa shape index (κ3) is 4.99. The van der Waals surface area contributed by atoms with Crippen LogP contribution in [0.3, 0.4) is 0 Å². The maximum absolute atomic E-state index is 6.04. The molecule has 3 nitrogen and oxygen atoms in total. The fraction of sp³-hybridized carbons (Fsp3) is 0.455. The lowest BCUT2D eigenvalue weighted by molar-refractivity contribution is 0.134. The molecule has 2 aromatic carbocycles. The summed E-state index contributed by atoms with van der Waals surface area (Å²) in [5, 5.41) is 0. The van der Waals surface area contributed by atoms with Crippen molar-refractivity contribution in [3.8, 4) is 11.5 Å². The van der Waals surface area contributed by atoms with Crippen LogP contribution in [0.4, 0.5) is 0 Å². The van der Waals surface area contributed by atoms with Crippen LogP contribution in [0, 0.1) is 11.8 Å². The van der Waals surface area contributed by atoms with Crippen molar-refractivity contribution in [3.63, 3.8) is 0 Å². The van der Waals surface area contributed by atoms with Crippen molar-refractivity contribution in [2.45, 2.75) is 33.4 Å². The van der Waals surface area contributed by atoms with E-state index in [9.17, 15) is 0 Å². The summed E-state index contributed by atoms with van der Waals surface area (Å²) in [7, 11) is 1.69. The maximum Gasteiger partial charge on any atom is 0.161 e. The number of hydrogen-bond acceptors (Lipinski definition) is 3. The van der Waals surface area contributed by atoms with Crippen LogP contribution in [0.25, 0.3) is 0 Å². The standard InChI is InChI=1S/C22H29NO2/c1-17-11-18(2)14-23(13-17)15-20-9-10-21(24-3)22(12-20)25-16-19-7-5-4-6-8-19/h4-10,12,17-18H,11,13-16H2,1-3H3/t17-,18+. The molecular weight excluding hydrogens is 310 g/mol. The summed E-state index contributed by atoms with van der Waals surface area (Å²) in [4.78, 5) is 2.56. The van der Waals surface area contributed by atoms with Gasteiger partial charge < -0.3 is 9.47 Å². The molecule has 25 heavy (non-hydrogen) atoms. The Morgan fingerprint density at radius 2 is 1.64 bits per heavy atom. The second-order valence-electron chi connectivity index (χ2n) is 7.40. The van der Waals surface area contributed by atoms with Gasteiger partial charge in [0, 0.05) is 19.6 Å². The van der Waals surface area contributed by atoms with Crippen molar-refractivity contribution in [2.75, 3.05) is 20.2 Å². The molecule has 1 aliphatic heterocycles. The van der Waals surface area contributed by atoms with E-state index in [-0.39, 0.29) is 0 Å². The normalized spacial score (nSPS) is 21.1. The molecule has 0 bridgehead atoms. The summed E-state index contributed by atoms with van der Waals surface area (Å²) in [6.45, 7) is 8.59. The third-order valence-corrected chi connectivity index (χ3v) is 4.82. The Kier molecular flexibility index (Phi) is 5.98. The molecule has 0 amide bonds. The largest absolute Gasteiger partial charge is 0.493 e. The highest BCUT2D eigenvalue weighted by Crippen LogP contribution is 2.30. The highest BCUT2D eigenvalue weighted by atomic mass is 16.5. The average molecular weight is 339 g/mol. The predicted octanol–water partition coefficient (Wildman–Crippen LogP) is 4.75. The van der Waals surface area contributed by atoms with Crippen LogP contribution in [0.15, 0.2) is 48.5 Å². The lowest BCUT2D eigenvalue weighted by Crippen LogP contribution is -2.38. The number of nitrogens with zero attached hydrogens (tertiary/aromatic N) is 1. The molecule has 1 saturated heterocycles. The van der Waals surface area contributed by atoms with E-state index < -0.39 is 0 Å². The summed E-state index contributed by atoms with van der Waals surface area (Å²) in [5.74, 6) is 3.16. The van der Waals surface area contributed by atoms with E-state index in [0.29, 0.717) is 6.61 Å². The van der Waals surface area contributed by atoms with Gasteiger partial charge in [0.25, 0.3) is 0 Å². The molecule has 1 heterocycles. The van der Waals surface area contributed by atoms with Gasteiger partial charge in [0.2, 0.25) is 0 Å². The summed E-state index contributed by atoms with van der Waals surface area (Å²) in [6, 6.07) is 16.5. The summed E-state index contributed by atoms with van der Waals surface area (Å²) in [5.41, 5.74) is 2.44. The SMILES string of the molecule is COc1ccc(CN2C[C@H](C)C[C@H](C)C2)cc1OCc1ccccc1. The quantitative estimate of drug-likeness (QED) is 0.758. The first kappa shape index (κ1) is 17.8. The fourth-order valence-corrected chi connectivity index (χ4v) is 3.85. The summed E-state index contributed by atoms with van der Waals surface area (Å²) in [6.07, 6.45) is 1.34. The molecule has 134 valence electrons. The van der Waals surface area contributed by atoms with Crippen LogP contribution < -0.4 is 9.47 Å². The van der Waals surface area contributed by atoms with Crippen molar-refractivity contribution in [1.82, 2.24) is 4.90 Å². The molecule has 2 aromatic rings. The maximum atomic E-state index is 6.04. The Morgan fingerprint density at radius 1 is 0.920 bits per heavy atom. The average Bonchev–Trinajstić information content (AvgIpc) is 2.60. The van der Waals surface area contributed by atoms with Gasteiger partial charge in [0.15, 0.2) is 11.5 Å². The number of methoxy groups -OCH3 is 1. The predicted molar refractivity (Wildman–Crippen MR) is 102 cm³/mol. The first-order valence-electron chi connectivity index (χ1n) is 9.20. The zero-order valence-corrected chi connectivity index (χ0v) is 15.6. The molecule has 3 heteroatoms. The molecule has 0 radical (unpaired) electrons. The van der Waals surface area contributed by atoms with Crippen molar-refractivity contribution < 1.29 is 9.47 Å². The van der Waals surface area contributed by atoms with Gasteiger partial charge in [-0.25, -0.2) is 0 Å². The van der Waals surface area contributed by atoms with Crippen LogP contribution >= 0.6 is 0 Å². The van der Waals surface area contributed by atoms with E-state index >= 15 is 0 Å². The molecule has 0 aliphatic carbocycles. The number of likely N-dealkylation sites (tertiary alicyclic amines) is 1. The van der Waals surface area contributed by atoms with Gasteiger partial charge in [-0.05, 0) is 41.5 Å². The van der Waals surface area contributed by atoms with Gasteiger partial charge in [-0.2, -0.15) is 0 Å². The molecule has 0 unspecified atom stereocenters. The molecule has 1 aliphatic rings. The highest BCUT2D eigenvalue weighted by Gasteiger charge is 2.22. The molecule has 2 atom stereocenters. The smallest absolute Gasteiger partial charge is 0.161 e. The second kappa shape index (κ2) is 8.39. The highest BCUT2D eigenvalue weighted by molar-refractivity contribution is 5.43. The number of ether oxygens (including phenoxy) is 2. The Morgan fingerprint density at radius 3 is 2.32 bits per heavy atom. The molecule has 1 fully saturated rings. The van der Waals surface area contributed by atoms with E-state index in [0.717, 1.165) is 35.4 Å². The fourth-order valence-electron chi connectivity index (χ4n) is 3.85. The second-order valence-corrected chi connectivity index (χ2v) is 7.40. The molecule has 3 rings (SSSR count). The molecule has 0 spiro atoms. The third-order valence-electron chi connectivity index (χ3n) is 4.82. The van der Waals surface area contributed by atoms with E-state index in [2.05, 4.69) is 43.0 Å². The number of hydrogen-bond donors (Lipinski definition) is 0. The van der Waals surface area contributed by atoms with Crippen LogP contribution in [0.1, 0.15) is 31.4 Å². The van der Waals surface area contributed by atoms with E-state index in [1.165, 1.54) is 25.1 Å². The summed E-state index contributed by atoms with van der Waals surface area (Å²) >= 11 is 0. The van der Waals surface area contributed by atoms with Crippen molar-refractivity contribution in [2.24, 2.45) is 11.8 Å². The van der Waals surface area contributed by atoms with Crippen molar-refractivity contribution >= 4 is 0 Å². The van der Waals surface area contributed by atoms with Crippen LogP contribution in [0.5, 0.6) is 11.5 Å². The van der Waals surface area contributed by atoms with Gasteiger partial charge in [-0.1, -0.05) is 50.2 Å². The van der Waals surface area contributed by atoms with Gasteiger partial charge in [0.1, 0.15) is 6.61 Å². The lowest BCUT2D eigenvalue weighted by atomic mass is 9.91. The minimum Gasteiger partial charge on any atom is -0.493 e. The molecular formula is C22H29NO2. The number of rotatable bonds is 6. The zero-order valence-electron chi connectivity index (χ0n) is 15.6. The Labute approximate surface area is 151 Å². The lowest BCUT2D eigenvalue weighted by Gasteiger charge is -2.35. The molecule has 0 saturated carbocycles. The Balaban J connectivity index is 1.68. The zero-order chi connectivity index (χ0) is 17.6. The topological polar surface area (TPSA) is 21.7 Å². The van der Waals surface area contributed by atoms with E-state index in [4.69, 9.17) is 9.47 Å². The van der Waals surface area contributed by atoms with Crippen molar-refractivity contribution in [3.05, 3.63) is 59.7 Å². The first-order chi connectivity index (χ1) is 12.1. The Hall–Kier alpha value is -2.00. The van der Waals surface area contributed by atoms with Crippen molar-refractivity contribution in [1.29, 1.82) is 0 Å². The molecule has 0 N–H and O–H groups in total. The van der Waals surface area contributed by atoms with E-state index in [1.807, 2.05) is 24.3 Å². The monoisotopic (exact) mass is 339 g/mol. The van der Waals surface area contributed by atoms with Gasteiger partial charge in [-0.3, -0.25) is 4.90 Å². The molecule has 0 aromatic heterocycles. The van der Waals surface area contributed by atoms with Crippen LogP contribution in [0.2, 0.25) is 0 Å². The number of benzene rings is 2. The van der Waals surface area contributed by atoms with Gasteiger partial charge in [0.05, 0.1) is 7.11 Å². The van der Waals surface area contributed by atoms with Crippen LogP contribution in [-0.4, -0.2) is 25.1 Å². The first-order valence-corrected chi connectivity index (χ1v) is 9.20. The Bertz CT molecular complexity index is 661. The summed E-state index contributed by atoms with van der Waals surface area (Å²) < 4.78 is 11.5. The van der Waals surface area contributed by atoms with E-state index in [1.54, 1.807) is 7.11 Å². The van der Waals surface area contributed by atoms with Crippen LogP contribution in [-0.2, 0) is 13.2 Å². The minimum atomic E-state index is 0.554. The number of piperidine rings is 1.